The van der Waals surface area contributed by atoms with Crippen molar-refractivity contribution < 1.29 is 9.00 Å². The number of hydrogen-bond acceptors (Lipinski definition) is 2. The van der Waals surface area contributed by atoms with Crippen LogP contribution in [0.3, 0.4) is 0 Å². The zero-order valence-electron chi connectivity index (χ0n) is 6.72. The predicted molar refractivity (Wildman–Crippen MR) is 49.8 cm³/mol. The third-order valence-corrected chi connectivity index (χ3v) is 3.50. The van der Waals surface area contributed by atoms with Crippen LogP contribution in [-0.4, -0.2) is 33.5 Å². The standard InChI is InChI=1S/C7H12ClNO2S/c8-5-7(10)9-6-1-3-12(11)4-2-6/h6H,1-5H2,(H,9,10). The van der Waals surface area contributed by atoms with Crippen molar-refractivity contribution in [3.05, 3.63) is 0 Å². The number of hydrogen-bond donors (Lipinski definition) is 1. The van der Waals surface area contributed by atoms with Crippen molar-refractivity contribution in [2.75, 3.05) is 17.4 Å². The third-order valence-electron chi connectivity index (χ3n) is 1.87. The molecule has 0 spiro atoms. The molecule has 5 heteroatoms. The molecule has 0 aromatic heterocycles. The minimum absolute atomic E-state index is 0.0135. The van der Waals surface area contributed by atoms with E-state index in [2.05, 4.69) is 5.32 Å². The van der Waals surface area contributed by atoms with Gasteiger partial charge in [0.2, 0.25) is 5.91 Å². The van der Waals surface area contributed by atoms with Gasteiger partial charge in [-0.3, -0.25) is 9.00 Å². The Morgan fingerprint density at radius 2 is 2.08 bits per heavy atom. The van der Waals surface area contributed by atoms with Crippen LogP contribution in [0.4, 0.5) is 0 Å². The summed E-state index contributed by atoms with van der Waals surface area (Å²) in [6.45, 7) is 0. The highest BCUT2D eigenvalue weighted by Gasteiger charge is 2.18. The maximum Gasteiger partial charge on any atom is 0.235 e. The van der Waals surface area contributed by atoms with Crippen molar-refractivity contribution in [2.45, 2.75) is 18.9 Å². The van der Waals surface area contributed by atoms with Crippen LogP contribution in [0.5, 0.6) is 0 Å². The molecule has 1 aliphatic heterocycles. The normalized spacial score (nSPS) is 29.8. The number of amides is 1. The molecule has 1 saturated heterocycles. The van der Waals surface area contributed by atoms with Gasteiger partial charge in [0.15, 0.2) is 0 Å². The van der Waals surface area contributed by atoms with E-state index < -0.39 is 10.8 Å². The number of halogens is 1. The summed E-state index contributed by atoms with van der Waals surface area (Å²) in [6, 6.07) is 0.189. The van der Waals surface area contributed by atoms with Crippen molar-refractivity contribution in [3.63, 3.8) is 0 Å². The highest BCUT2D eigenvalue weighted by atomic mass is 35.5. The fourth-order valence-corrected chi connectivity index (χ4v) is 2.58. The van der Waals surface area contributed by atoms with Gasteiger partial charge in [-0.2, -0.15) is 0 Å². The summed E-state index contributed by atoms with van der Waals surface area (Å²) in [6.07, 6.45) is 1.63. The molecule has 1 amide bonds. The molecule has 1 fully saturated rings. The Morgan fingerprint density at radius 3 is 2.58 bits per heavy atom. The SMILES string of the molecule is O=C(CCl)NC1CCS(=O)CC1. The molecule has 0 aromatic rings. The first kappa shape index (κ1) is 9.99. The Hall–Kier alpha value is -0.0900. The Kier molecular flexibility index (Phi) is 4.01. The molecular weight excluding hydrogens is 198 g/mol. The lowest BCUT2D eigenvalue weighted by atomic mass is 10.1. The summed E-state index contributed by atoms with van der Waals surface area (Å²) in [5, 5.41) is 2.78. The van der Waals surface area contributed by atoms with Crippen LogP contribution >= 0.6 is 11.6 Å². The molecule has 0 atom stereocenters. The molecule has 1 heterocycles. The first-order valence-electron chi connectivity index (χ1n) is 3.92. The van der Waals surface area contributed by atoms with Gasteiger partial charge >= 0.3 is 0 Å². The zero-order chi connectivity index (χ0) is 8.97. The van der Waals surface area contributed by atoms with Gasteiger partial charge in [0.25, 0.3) is 0 Å². The second-order valence-corrected chi connectivity index (χ2v) is 4.79. The minimum Gasteiger partial charge on any atom is -0.352 e. The lowest BCUT2D eigenvalue weighted by Gasteiger charge is -2.21. The van der Waals surface area contributed by atoms with E-state index in [9.17, 15) is 9.00 Å². The molecule has 0 aliphatic carbocycles. The van der Waals surface area contributed by atoms with Crippen LogP contribution in [0.1, 0.15) is 12.8 Å². The van der Waals surface area contributed by atoms with Gasteiger partial charge in [-0.1, -0.05) is 0 Å². The Bertz CT molecular complexity index is 188. The minimum atomic E-state index is -0.662. The maximum atomic E-state index is 10.9. The van der Waals surface area contributed by atoms with Crippen LogP contribution in [0.25, 0.3) is 0 Å². The molecule has 1 aliphatic rings. The number of carbonyl (C=O) groups is 1. The van der Waals surface area contributed by atoms with Gasteiger partial charge in [0.05, 0.1) is 0 Å². The van der Waals surface area contributed by atoms with Crippen LogP contribution in [0.2, 0.25) is 0 Å². The molecule has 3 nitrogen and oxygen atoms in total. The monoisotopic (exact) mass is 209 g/mol. The van der Waals surface area contributed by atoms with Crippen LogP contribution < -0.4 is 5.32 Å². The molecular formula is C7H12ClNO2S. The fraction of sp³-hybridized carbons (Fsp3) is 0.857. The molecule has 1 rings (SSSR count). The summed E-state index contributed by atoms with van der Waals surface area (Å²) in [7, 11) is -0.662. The van der Waals surface area contributed by atoms with Gasteiger partial charge in [0, 0.05) is 28.3 Å². The van der Waals surface area contributed by atoms with Crippen LogP contribution in [0.15, 0.2) is 0 Å². The summed E-state index contributed by atoms with van der Waals surface area (Å²) >= 11 is 5.33. The Balaban J connectivity index is 2.26. The summed E-state index contributed by atoms with van der Waals surface area (Å²) in [5.74, 6) is 1.29. The van der Waals surface area contributed by atoms with Gasteiger partial charge in [0.1, 0.15) is 5.88 Å². The zero-order valence-corrected chi connectivity index (χ0v) is 8.29. The highest BCUT2D eigenvalue weighted by molar-refractivity contribution is 7.85. The van der Waals surface area contributed by atoms with Gasteiger partial charge in [-0.15, -0.1) is 11.6 Å². The molecule has 0 radical (unpaired) electrons. The number of rotatable bonds is 2. The van der Waals surface area contributed by atoms with Crippen molar-refractivity contribution in [1.29, 1.82) is 0 Å². The first-order chi connectivity index (χ1) is 5.72. The summed E-state index contributed by atoms with van der Waals surface area (Å²) < 4.78 is 10.9. The Labute approximate surface area is 79.3 Å². The van der Waals surface area contributed by atoms with Crippen molar-refractivity contribution in [3.8, 4) is 0 Å². The number of nitrogens with one attached hydrogen (secondary N) is 1. The predicted octanol–water partition coefficient (Wildman–Crippen LogP) is 0.253. The third kappa shape index (κ3) is 3.11. The van der Waals surface area contributed by atoms with Crippen LogP contribution in [-0.2, 0) is 15.6 Å². The quantitative estimate of drug-likeness (QED) is 0.663. The van der Waals surface area contributed by atoms with E-state index in [0.29, 0.717) is 11.5 Å². The van der Waals surface area contributed by atoms with E-state index in [1.165, 1.54) is 0 Å². The largest absolute Gasteiger partial charge is 0.352 e. The summed E-state index contributed by atoms with van der Waals surface area (Å²) in [5.41, 5.74) is 0. The molecule has 0 unspecified atom stereocenters. The number of carbonyl (C=O) groups excluding carboxylic acids is 1. The lowest BCUT2D eigenvalue weighted by Crippen LogP contribution is -2.40. The molecule has 0 bridgehead atoms. The van der Waals surface area contributed by atoms with Gasteiger partial charge < -0.3 is 5.32 Å². The van der Waals surface area contributed by atoms with Gasteiger partial charge in [-0.05, 0) is 12.8 Å². The fourth-order valence-electron chi connectivity index (χ4n) is 1.20. The van der Waals surface area contributed by atoms with Crippen LogP contribution in [0, 0.1) is 0 Å². The molecule has 1 N–H and O–H groups in total. The topological polar surface area (TPSA) is 46.2 Å². The molecule has 12 heavy (non-hydrogen) atoms. The second kappa shape index (κ2) is 4.82. The Morgan fingerprint density at radius 1 is 1.50 bits per heavy atom. The van der Waals surface area contributed by atoms with E-state index in [-0.39, 0.29) is 17.8 Å². The van der Waals surface area contributed by atoms with E-state index in [1.807, 2.05) is 0 Å². The molecule has 0 saturated carbocycles. The summed E-state index contributed by atoms with van der Waals surface area (Å²) in [4.78, 5) is 10.8. The van der Waals surface area contributed by atoms with Crippen molar-refractivity contribution in [1.82, 2.24) is 5.32 Å². The second-order valence-electron chi connectivity index (χ2n) is 2.82. The van der Waals surface area contributed by atoms with E-state index in [1.54, 1.807) is 0 Å². The molecule has 70 valence electrons. The highest BCUT2D eigenvalue weighted by Crippen LogP contribution is 2.08. The van der Waals surface area contributed by atoms with E-state index >= 15 is 0 Å². The average molecular weight is 210 g/mol. The van der Waals surface area contributed by atoms with E-state index in [4.69, 9.17) is 11.6 Å². The smallest absolute Gasteiger partial charge is 0.235 e. The average Bonchev–Trinajstić information content (AvgIpc) is 2.09. The molecule has 0 aromatic carbocycles. The first-order valence-corrected chi connectivity index (χ1v) is 5.95. The van der Waals surface area contributed by atoms with Crippen molar-refractivity contribution >= 4 is 28.3 Å². The van der Waals surface area contributed by atoms with Crippen molar-refractivity contribution in [2.24, 2.45) is 0 Å². The maximum absolute atomic E-state index is 10.9. The number of alkyl halides is 1. The lowest BCUT2D eigenvalue weighted by molar-refractivity contribution is -0.119. The van der Waals surface area contributed by atoms with E-state index in [0.717, 1.165) is 12.8 Å². The van der Waals surface area contributed by atoms with Gasteiger partial charge in [-0.25, -0.2) is 0 Å².